The van der Waals surface area contributed by atoms with E-state index in [4.69, 9.17) is 5.26 Å². The van der Waals surface area contributed by atoms with Crippen molar-refractivity contribution >= 4 is 5.82 Å². The van der Waals surface area contributed by atoms with Crippen molar-refractivity contribution in [2.24, 2.45) is 0 Å². The molecule has 0 saturated carbocycles. The summed E-state index contributed by atoms with van der Waals surface area (Å²) in [5.74, 6) is 0.532. The molecule has 134 valence electrons. The topological polar surface area (TPSA) is 65.7 Å². The molecule has 27 heavy (non-hydrogen) atoms. The minimum absolute atomic E-state index is 0.253. The number of rotatable bonds is 2. The normalized spacial score (nSPS) is 13.2. The first kappa shape index (κ1) is 17.1. The quantitative estimate of drug-likeness (QED) is 0.697. The Labute approximate surface area is 157 Å². The summed E-state index contributed by atoms with van der Waals surface area (Å²) in [7, 11) is 0. The zero-order valence-electron chi connectivity index (χ0n) is 15.2. The zero-order chi connectivity index (χ0) is 19.0. The predicted molar refractivity (Wildman–Crippen MR) is 101 cm³/mol. The van der Waals surface area contributed by atoms with Crippen LogP contribution < -0.4 is 4.90 Å². The average molecular weight is 359 g/mol. The standard InChI is InChI=1S/C21H18FN5/c1-13-14(2)21(26-25-20(13)10-23)27-8-7-19-16(12-27)9-15(11-24-19)17-5-3-4-6-18(17)22/h3-6,9,11H,7-8,12H2,1-2H3. The van der Waals surface area contributed by atoms with Gasteiger partial charge in [-0.05, 0) is 42.7 Å². The lowest BCUT2D eigenvalue weighted by Gasteiger charge is -2.30. The Balaban J connectivity index is 1.69. The van der Waals surface area contributed by atoms with Gasteiger partial charge in [-0.2, -0.15) is 5.26 Å². The van der Waals surface area contributed by atoms with Gasteiger partial charge in [-0.15, -0.1) is 10.2 Å². The first-order chi connectivity index (χ1) is 13.1. The van der Waals surface area contributed by atoms with Gasteiger partial charge in [-0.1, -0.05) is 18.2 Å². The molecule has 3 aromatic rings. The van der Waals surface area contributed by atoms with Crippen LogP contribution in [0.4, 0.5) is 10.2 Å². The van der Waals surface area contributed by atoms with E-state index in [0.29, 0.717) is 17.8 Å². The highest BCUT2D eigenvalue weighted by molar-refractivity contribution is 5.65. The number of fused-ring (bicyclic) bond motifs is 1. The maximum absolute atomic E-state index is 14.1. The molecule has 5 nitrogen and oxygen atoms in total. The van der Waals surface area contributed by atoms with Crippen molar-refractivity contribution in [2.75, 3.05) is 11.4 Å². The van der Waals surface area contributed by atoms with Crippen molar-refractivity contribution in [2.45, 2.75) is 26.8 Å². The molecule has 6 heteroatoms. The third kappa shape index (κ3) is 3.02. The van der Waals surface area contributed by atoms with Gasteiger partial charge in [0.1, 0.15) is 11.9 Å². The number of hydrogen-bond acceptors (Lipinski definition) is 5. The van der Waals surface area contributed by atoms with E-state index < -0.39 is 0 Å². The van der Waals surface area contributed by atoms with E-state index in [1.54, 1.807) is 18.3 Å². The summed E-state index contributed by atoms with van der Waals surface area (Å²) in [6.07, 6.45) is 2.52. The van der Waals surface area contributed by atoms with Crippen LogP contribution in [0.1, 0.15) is 28.1 Å². The van der Waals surface area contributed by atoms with Crippen LogP contribution in [0.15, 0.2) is 36.5 Å². The van der Waals surface area contributed by atoms with Crippen molar-refractivity contribution in [1.29, 1.82) is 5.26 Å². The SMILES string of the molecule is Cc1c(C#N)nnc(N2CCc3ncc(-c4ccccc4F)cc3C2)c1C. The Morgan fingerprint density at radius 2 is 1.96 bits per heavy atom. The smallest absolute Gasteiger partial charge is 0.166 e. The van der Waals surface area contributed by atoms with Gasteiger partial charge in [-0.3, -0.25) is 4.98 Å². The molecular weight excluding hydrogens is 341 g/mol. The highest BCUT2D eigenvalue weighted by Gasteiger charge is 2.22. The summed E-state index contributed by atoms with van der Waals surface area (Å²) in [4.78, 5) is 6.70. The first-order valence-electron chi connectivity index (χ1n) is 8.80. The molecule has 0 saturated heterocycles. The van der Waals surface area contributed by atoms with Gasteiger partial charge in [0.2, 0.25) is 0 Å². The van der Waals surface area contributed by atoms with Crippen LogP contribution in [0.2, 0.25) is 0 Å². The minimum atomic E-state index is -0.253. The molecule has 0 amide bonds. The fourth-order valence-electron chi connectivity index (χ4n) is 3.45. The molecule has 0 unspecified atom stereocenters. The lowest BCUT2D eigenvalue weighted by Crippen LogP contribution is -2.32. The van der Waals surface area contributed by atoms with E-state index in [9.17, 15) is 4.39 Å². The van der Waals surface area contributed by atoms with Crippen molar-refractivity contribution in [3.63, 3.8) is 0 Å². The Morgan fingerprint density at radius 1 is 1.15 bits per heavy atom. The van der Waals surface area contributed by atoms with Crippen LogP contribution in [0.3, 0.4) is 0 Å². The Hall–Kier alpha value is -3.33. The summed E-state index contributed by atoms with van der Waals surface area (Å²) < 4.78 is 14.1. The molecule has 0 atom stereocenters. The van der Waals surface area contributed by atoms with Crippen molar-refractivity contribution in [3.05, 3.63) is 70.4 Å². The largest absolute Gasteiger partial charge is 0.350 e. The average Bonchev–Trinajstić information content (AvgIpc) is 2.69. The number of anilines is 1. The molecule has 1 aliphatic heterocycles. The van der Waals surface area contributed by atoms with Gasteiger partial charge in [0.15, 0.2) is 11.5 Å². The number of benzene rings is 1. The number of hydrogen-bond donors (Lipinski definition) is 0. The van der Waals surface area contributed by atoms with Gasteiger partial charge in [0.25, 0.3) is 0 Å². The molecule has 0 spiro atoms. The highest BCUT2D eigenvalue weighted by atomic mass is 19.1. The van der Waals surface area contributed by atoms with E-state index in [-0.39, 0.29) is 5.82 Å². The highest BCUT2D eigenvalue weighted by Crippen LogP contribution is 2.29. The van der Waals surface area contributed by atoms with Gasteiger partial charge >= 0.3 is 0 Å². The van der Waals surface area contributed by atoms with Gasteiger partial charge in [0, 0.05) is 42.5 Å². The molecule has 4 rings (SSSR count). The maximum Gasteiger partial charge on any atom is 0.166 e. The van der Waals surface area contributed by atoms with Crippen molar-refractivity contribution < 1.29 is 4.39 Å². The van der Waals surface area contributed by atoms with E-state index in [1.165, 1.54) is 6.07 Å². The first-order valence-corrected chi connectivity index (χ1v) is 8.80. The fraction of sp³-hybridized carbons (Fsp3) is 0.238. The molecule has 3 heterocycles. The van der Waals surface area contributed by atoms with Crippen LogP contribution in [0.25, 0.3) is 11.1 Å². The van der Waals surface area contributed by atoms with Crippen molar-refractivity contribution in [1.82, 2.24) is 15.2 Å². The van der Waals surface area contributed by atoms with Crippen LogP contribution in [0.5, 0.6) is 0 Å². The summed E-state index contributed by atoms with van der Waals surface area (Å²) in [6.45, 7) is 5.26. The molecule has 0 N–H and O–H groups in total. The summed E-state index contributed by atoms with van der Waals surface area (Å²) in [5, 5.41) is 17.5. The van der Waals surface area contributed by atoms with Gasteiger partial charge in [0.05, 0.1) is 0 Å². The fourth-order valence-corrected chi connectivity index (χ4v) is 3.45. The van der Waals surface area contributed by atoms with Crippen LogP contribution in [-0.4, -0.2) is 21.7 Å². The third-order valence-corrected chi connectivity index (χ3v) is 5.13. The summed E-state index contributed by atoms with van der Waals surface area (Å²) in [5.41, 5.74) is 5.59. The summed E-state index contributed by atoms with van der Waals surface area (Å²) >= 11 is 0. The van der Waals surface area contributed by atoms with Crippen LogP contribution in [-0.2, 0) is 13.0 Å². The van der Waals surface area contributed by atoms with E-state index in [0.717, 1.165) is 46.7 Å². The predicted octanol–water partition coefficient (Wildman–Crippen LogP) is 3.73. The second kappa shape index (κ2) is 6.76. The molecular formula is C21H18FN5. The molecule has 0 fully saturated rings. The lowest BCUT2D eigenvalue weighted by atomic mass is 9.99. The molecule has 1 aliphatic rings. The van der Waals surface area contributed by atoms with Gasteiger partial charge < -0.3 is 4.90 Å². The summed E-state index contributed by atoms with van der Waals surface area (Å²) in [6, 6.07) is 10.8. The molecule has 1 aromatic carbocycles. The van der Waals surface area contributed by atoms with Crippen molar-refractivity contribution in [3.8, 4) is 17.2 Å². The number of pyridine rings is 1. The second-order valence-corrected chi connectivity index (χ2v) is 6.72. The van der Waals surface area contributed by atoms with E-state index in [1.807, 2.05) is 26.0 Å². The Kier molecular flexibility index (Phi) is 4.28. The number of halogens is 1. The van der Waals surface area contributed by atoms with Crippen LogP contribution in [0, 0.1) is 31.0 Å². The molecule has 0 radical (unpaired) electrons. The van der Waals surface area contributed by atoms with Gasteiger partial charge in [-0.25, -0.2) is 4.39 Å². The molecule has 0 aliphatic carbocycles. The lowest BCUT2D eigenvalue weighted by molar-refractivity contribution is 0.631. The zero-order valence-corrected chi connectivity index (χ0v) is 15.2. The maximum atomic E-state index is 14.1. The Bertz CT molecular complexity index is 1070. The molecule has 2 aromatic heterocycles. The third-order valence-electron chi connectivity index (χ3n) is 5.13. The second-order valence-electron chi connectivity index (χ2n) is 6.72. The minimum Gasteiger partial charge on any atom is -0.350 e. The number of aromatic nitrogens is 3. The van der Waals surface area contributed by atoms with E-state index in [2.05, 4.69) is 26.2 Å². The van der Waals surface area contributed by atoms with Crippen LogP contribution >= 0.6 is 0 Å². The Morgan fingerprint density at radius 3 is 2.74 bits per heavy atom. The number of nitriles is 1. The molecule has 0 bridgehead atoms. The van der Waals surface area contributed by atoms with E-state index >= 15 is 0 Å². The monoisotopic (exact) mass is 359 g/mol. The number of nitrogens with zero attached hydrogens (tertiary/aromatic N) is 5.